The van der Waals surface area contributed by atoms with Crippen molar-refractivity contribution in [3.63, 3.8) is 0 Å². The lowest BCUT2D eigenvalue weighted by Crippen LogP contribution is -2.42. The Bertz CT molecular complexity index is 1090. The minimum Gasteiger partial charge on any atom is -0.497 e. The number of amides is 2. The van der Waals surface area contributed by atoms with E-state index >= 15 is 0 Å². The Morgan fingerprint density at radius 1 is 1.18 bits per heavy atom. The molecule has 1 N–H and O–H groups in total. The van der Waals surface area contributed by atoms with Crippen molar-refractivity contribution in [3.8, 4) is 5.75 Å². The van der Waals surface area contributed by atoms with Crippen LogP contribution in [0.4, 0.5) is 0 Å². The number of Topliss-reactive ketones (excluding diaryl/α,β-unsaturated/α-hetero) is 1. The van der Waals surface area contributed by atoms with Gasteiger partial charge in [0.25, 0.3) is 0 Å². The van der Waals surface area contributed by atoms with E-state index in [1.807, 2.05) is 53.4 Å². The molecule has 6 heteroatoms. The molecule has 33 heavy (non-hydrogen) atoms. The highest BCUT2D eigenvalue weighted by atomic mass is 16.5. The van der Waals surface area contributed by atoms with Crippen LogP contribution in [-0.2, 0) is 32.9 Å². The van der Waals surface area contributed by atoms with Crippen LogP contribution in [-0.4, -0.2) is 35.6 Å². The number of methoxy groups -OCH3 is 1. The molecule has 0 radical (unpaired) electrons. The highest BCUT2D eigenvalue weighted by Gasteiger charge is 2.56. The zero-order chi connectivity index (χ0) is 23.2. The quantitative estimate of drug-likeness (QED) is 0.662. The average Bonchev–Trinajstić information content (AvgIpc) is 3.58. The van der Waals surface area contributed by atoms with Crippen LogP contribution < -0.4 is 10.1 Å². The van der Waals surface area contributed by atoms with Gasteiger partial charge in [-0.2, -0.15) is 0 Å². The van der Waals surface area contributed by atoms with E-state index in [-0.39, 0.29) is 30.1 Å². The molecule has 1 spiro atoms. The number of aryl methyl sites for hydroxylation is 1. The second kappa shape index (κ2) is 8.32. The second-order valence-corrected chi connectivity index (χ2v) is 9.62. The molecule has 5 rings (SSSR count). The second-order valence-electron chi connectivity index (χ2n) is 9.62. The number of hydrogen-bond donors (Lipinski definition) is 1. The van der Waals surface area contributed by atoms with E-state index in [2.05, 4.69) is 12.2 Å². The molecule has 172 valence electrons. The number of ketones is 1. The number of rotatable bonds is 7. The zero-order valence-corrected chi connectivity index (χ0v) is 19.2. The number of fused-ring (bicyclic) bond motifs is 2. The Balaban J connectivity index is 1.37. The Morgan fingerprint density at radius 2 is 1.94 bits per heavy atom. The van der Waals surface area contributed by atoms with Gasteiger partial charge in [0.2, 0.25) is 11.8 Å². The summed E-state index contributed by atoms with van der Waals surface area (Å²) in [6, 6.07) is 15.6. The molecule has 0 aromatic heterocycles. The van der Waals surface area contributed by atoms with Crippen molar-refractivity contribution in [2.75, 3.05) is 7.11 Å². The van der Waals surface area contributed by atoms with Gasteiger partial charge >= 0.3 is 0 Å². The van der Waals surface area contributed by atoms with Crippen molar-refractivity contribution in [1.82, 2.24) is 10.2 Å². The molecule has 0 bridgehead atoms. The molecule has 2 aromatic rings. The third-order valence-corrected chi connectivity index (χ3v) is 7.62. The van der Waals surface area contributed by atoms with Crippen molar-refractivity contribution >= 4 is 17.6 Å². The van der Waals surface area contributed by atoms with Gasteiger partial charge in [-0.05, 0) is 67.3 Å². The lowest BCUT2D eigenvalue weighted by molar-refractivity contribution is -0.140. The van der Waals surface area contributed by atoms with Gasteiger partial charge in [-0.25, -0.2) is 0 Å². The van der Waals surface area contributed by atoms with Gasteiger partial charge < -0.3 is 15.0 Å². The van der Waals surface area contributed by atoms with Crippen molar-refractivity contribution in [2.45, 2.75) is 57.2 Å². The molecule has 6 nitrogen and oxygen atoms in total. The summed E-state index contributed by atoms with van der Waals surface area (Å²) >= 11 is 0. The predicted octanol–water partition coefficient (Wildman–Crippen LogP) is 3.37. The molecule has 2 aromatic carbocycles. The first-order chi connectivity index (χ1) is 15.9. The third-order valence-electron chi connectivity index (χ3n) is 7.62. The summed E-state index contributed by atoms with van der Waals surface area (Å²) in [5, 5.41) is 2.98. The molecule has 1 heterocycles. The largest absolute Gasteiger partial charge is 0.497 e. The van der Waals surface area contributed by atoms with Crippen LogP contribution >= 0.6 is 0 Å². The number of carbonyl (C=O) groups excluding carboxylic acids is 3. The van der Waals surface area contributed by atoms with Gasteiger partial charge in [0, 0.05) is 19.0 Å². The highest BCUT2D eigenvalue weighted by Crippen LogP contribution is 2.44. The van der Waals surface area contributed by atoms with E-state index in [0.717, 1.165) is 35.3 Å². The smallest absolute Gasteiger partial charge is 0.232 e. The van der Waals surface area contributed by atoms with Gasteiger partial charge in [-0.15, -0.1) is 0 Å². The Morgan fingerprint density at radius 3 is 2.64 bits per heavy atom. The molecule has 2 fully saturated rings. The van der Waals surface area contributed by atoms with Crippen LogP contribution in [0.25, 0.3) is 0 Å². The minimum absolute atomic E-state index is 0.0815. The number of benzene rings is 2. The topological polar surface area (TPSA) is 75.7 Å². The molecule has 3 atom stereocenters. The molecule has 3 aliphatic rings. The van der Waals surface area contributed by atoms with Crippen LogP contribution in [0, 0.1) is 11.8 Å². The van der Waals surface area contributed by atoms with Crippen molar-refractivity contribution < 1.29 is 19.1 Å². The Kier molecular flexibility index (Phi) is 5.47. The van der Waals surface area contributed by atoms with Gasteiger partial charge in [0.05, 0.1) is 7.11 Å². The van der Waals surface area contributed by atoms with Gasteiger partial charge in [0.1, 0.15) is 17.2 Å². The summed E-state index contributed by atoms with van der Waals surface area (Å²) in [6.45, 7) is 2.57. The first-order valence-electron chi connectivity index (χ1n) is 11.8. The average molecular weight is 447 g/mol. The minimum atomic E-state index is -1.02. The summed E-state index contributed by atoms with van der Waals surface area (Å²) in [5.74, 6) is -0.361. The van der Waals surface area contributed by atoms with Crippen LogP contribution in [0.1, 0.15) is 49.3 Å². The molecule has 1 saturated carbocycles. The van der Waals surface area contributed by atoms with Gasteiger partial charge in [0.15, 0.2) is 5.78 Å². The number of hydrogen-bond acceptors (Lipinski definition) is 4. The molecule has 2 amide bonds. The lowest BCUT2D eigenvalue weighted by Gasteiger charge is -2.30. The highest BCUT2D eigenvalue weighted by molar-refractivity contribution is 6.15. The molecule has 2 aliphatic carbocycles. The number of ether oxygens (including phenoxy) is 1. The Labute approximate surface area is 194 Å². The molecule has 1 aliphatic heterocycles. The summed E-state index contributed by atoms with van der Waals surface area (Å²) in [7, 11) is 1.61. The van der Waals surface area contributed by atoms with Crippen molar-refractivity contribution in [2.24, 2.45) is 11.8 Å². The third kappa shape index (κ3) is 3.81. The maximum atomic E-state index is 13.6. The van der Waals surface area contributed by atoms with Crippen molar-refractivity contribution in [1.29, 1.82) is 0 Å². The summed E-state index contributed by atoms with van der Waals surface area (Å²) < 4.78 is 5.31. The maximum Gasteiger partial charge on any atom is 0.232 e. The van der Waals surface area contributed by atoms with Gasteiger partial charge in [-0.1, -0.05) is 36.4 Å². The van der Waals surface area contributed by atoms with E-state index in [1.165, 1.54) is 0 Å². The predicted molar refractivity (Wildman–Crippen MR) is 123 cm³/mol. The standard InChI is InChI=1S/C27H30N2O4/c1-17(19-8-9-19)29(16-18-6-4-3-5-7-18)24(30)15-22-25(31)27(28-26(22)32)13-12-20-14-21(33-2)10-11-23(20)27/h3-7,10-11,14,17,19,22H,8-9,12-13,15-16H2,1-2H3,(H,28,32). The maximum absolute atomic E-state index is 13.6. The van der Waals surface area contributed by atoms with Crippen LogP contribution in [0.15, 0.2) is 48.5 Å². The molecular formula is C27H30N2O4. The van der Waals surface area contributed by atoms with E-state index in [1.54, 1.807) is 7.11 Å². The van der Waals surface area contributed by atoms with Crippen molar-refractivity contribution in [3.05, 3.63) is 65.2 Å². The first kappa shape index (κ1) is 21.7. The van der Waals surface area contributed by atoms with E-state index < -0.39 is 11.5 Å². The number of carbonyl (C=O) groups is 3. The molecule has 3 unspecified atom stereocenters. The summed E-state index contributed by atoms with van der Waals surface area (Å²) in [6.07, 6.45) is 3.37. The fourth-order valence-corrected chi connectivity index (χ4v) is 5.49. The van der Waals surface area contributed by atoms with Gasteiger partial charge in [-0.3, -0.25) is 14.4 Å². The van der Waals surface area contributed by atoms with E-state index in [0.29, 0.717) is 25.3 Å². The van der Waals surface area contributed by atoms with E-state index in [9.17, 15) is 14.4 Å². The summed E-state index contributed by atoms with van der Waals surface area (Å²) in [5.41, 5.74) is 1.89. The molecule has 1 saturated heterocycles. The van der Waals surface area contributed by atoms with E-state index in [4.69, 9.17) is 4.74 Å². The monoisotopic (exact) mass is 446 g/mol. The molecular weight excluding hydrogens is 416 g/mol. The normalized spacial score (nSPS) is 24.5. The number of nitrogens with one attached hydrogen (secondary N) is 1. The van der Waals surface area contributed by atoms with Crippen LogP contribution in [0.2, 0.25) is 0 Å². The van der Waals surface area contributed by atoms with Crippen LogP contribution in [0.5, 0.6) is 5.75 Å². The number of nitrogens with zero attached hydrogens (tertiary/aromatic N) is 1. The fraction of sp³-hybridized carbons (Fsp3) is 0.444. The zero-order valence-electron chi connectivity index (χ0n) is 19.2. The Hall–Kier alpha value is -3.15. The first-order valence-corrected chi connectivity index (χ1v) is 11.8. The lowest BCUT2D eigenvalue weighted by atomic mass is 9.84. The summed E-state index contributed by atoms with van der Waals surface area (Å²) in [4.78, 5) is 41.9. The SMILES string of the molecule is COc1ccc2c(c1)CCC21NC(=O)C(CC(=O)N(Cc2ccccc2)C(C)C2CC2)C1=O. The fourth-order valence-electron chi connectivity index (χ4n) is 5.49. The van der Waals surface area contributed by atoms with Crippen LogP contribution in [0.3, 0.4) is 0 Å².